The number of carbonyl (C=O) groups is 1. The summed E-state index contributed by atoms with van der Waals surface area (Å²) in [5, 5.41) is 7.05. The molecule has 9 heteroatoms. The Morgan fingerprint density at radius 3 is 2.56 bits per heavy atom. The fraction of sp³-hybridized carbons (Fsp3) is 0.320. The van der Waals surface area contributed by atoms with Crippen molar-refractivity contribution in [3.05, 3.63) is 93.9 Å². The second kappa shape index (κ2) is 10.1. The molecule has 0 saturated carbocycles. The first-order valence-corrected chi connectivity index (χ1v) is 11.1. The van der Waals surface area contributed by atoms with Crippen LogP contribution in [0.2, 0.25) is 0 Å². The Hall–Kier alpha value is -3.62. The Morgan fingerprint density at radius 1 is 1.06 bits per heavy atom. The highest BCUT2D eigenvalue weighted by Gasteiger charge is 2.30. The molecule has 0 bridgehead atoms. The number of carbonyl (C=O) groups excluding carboxylic acids is 1. The first-order valence-electron chi connectivity index (χ1n) is 11.1. The fourth-order valence-electron chi connectivity index (χ4n) is 4.09. The number of hydrogen-bond donors (Lipinski definition) is 1. The molecule has 1 unspecified atom stereocenters. The fourth-order valence-corrected chi connectivity index (χ4v) is 4.09. The van der Waals surface area contributed by atoms with Crippen molar-refractivity contribution in [2.45, 2.75) is 32.1 Å². The van der Waals surface area contributed by atoms with Crippen LogP contribution in [0, 0.1) is 5.92 Å². The molecular weight excluding hydrogens is 445 g/mol. The maximum Gasteiger partial charge on any atom is 0.416 e. The summed E-state index contributed by atoms with van der Waals surface area (Å²) in [7, 11) is 0. The molecule has 6 nitrogen and oxygen atoms in total. The maximum atomic E-state index is 12.9. The number of nitrogens with one attached hydrogen (secondary N) is 1. The van der Waals surface area contributed by atoms with Gasteiger partial charge in [0, 0.05) is 25.7 Å². The average Bonchev–Trinajstić information content (AvgIpc) is 2.84. The molecule has 1 amide bonds. The standard InChI is InChI=1S/C25H25F3N4O2/c26-25(27,28)21-10-4-8-19(12-21)14-29-24(34)20-9-5-11-31(17-20)22-13-23(33)32(30-15-22)16-18-6-2-1-3-7-18/h1-4,6-8,10,12-13,15,20H,5,9,11,14,16-17H2,(H,29,34). The number of anilines is 1. The molecule has 34 heavy (non-hydrogen) atoms. The zero-order valence-corrected chi connectivity index (χ0v) is 18.5. The van der Waals surface area contributed by atoms with E-state index in [-0.39, 0.29) is 23.9 Å². The summed E-state index contributed by atoms with van der Waals surface area (Å²) >= 11 is 0. The third-order valence-corrected chi connectivity index (χ3v) is 5.91. The number of alkyl halides is 3. The number of rotatable bonds is 6. The van der Waals surface area contributed by atoms with Gasteiger partial charge >= 0.3 is 6.18 Å². The van der Waals surface area contributed by atoms with Gasteiger partial charge in [-0.3, -0.25) is 9.59 Å². The lowest BCUT2D eigenvalue weighted by molar-refractivity contribution is -0.137. The first kappa shape index (κ1) is 23.5. The number of halogens is 3. The summed E-state index contributed by atoms with van der Waals surface area (Å²) in [6.45, 7) is 1.51. The summed E-state index contributed by atoms with van der Waals surface area (Å²) < 4.78 is 40.1. The van der Waals surface area contributed by atoms with Crippen LogP contribution in [0.1, 0.15) is 29.5 Å². The summed E-state index contributed by atoms with van der Waals surface area (Å²) in [4.78, 5) is 27.2. The molecule has 2 heterocycles. The van der Waals surface area contributed by atoms with E-state index in [2.05, 4.69) is 10.4 Å². The largest absolute Gasteiger partial charge is 0.416 e. The molecule has 178 valence electrons. The second-order valence-electron chi connectivity index (χ2n) is 8.40. The van der Waals surface area contributed by atoms with E-state index in [1.807, 2.05) is 35.2 Å². The van der Waals surface area contributed by atoms with E-state index >= 15 is 0 Å². The van der Waals surface area contributed by atoms with Crippen molar-refractivity contribution in [2.24, 2.45) is 5.92 Å². The molecule has 1 aliphatic heterocycles. The molecule has 3 aromatic rings. The zero-order chi connectivity index (χ0) is 24.1. The minimum Gasteiger partial charge on any atom is -0.369 e. The molecule has 4 rings (SSSR count). The Kier molecular flexibility index (Phi) is 7.00. The lowest BCUT2D eigenvalue weighted by Crippen LogP contribution is -2.43. The third kappa shape index (κ3) is 5.84. The zero-order valence-electron chi connectivity index (χ0n) is 18.5. The topological polar surface area (TPSA) is 67.2 Å². The first-order chi connectivity index (χ1) is 16.3. The predicted octanol–water partition coefficient (Wildman–Crippen LogP) is 3.84. The van der Waals surface area contributed by atoms with Crippen LogP contribution in [0.4, 0.5) is 18.9 Å². The Morgan fingerprint density at radius 2 is 1.82 bits per heavy atom. The minimum absolute atomic E-state index is 0.0241. The normalized spacial score (nSPS) is 16.3. The summed E-state index contributed by atoms with van der Waals surface area (Å²) in [5.74, 6) is -0.543. The molecule has 1 atom stereocenters. The molecular formula is C25H25F3N4O2. The maximum absolute atomic E-state index is 12.9. The van der Waals surface area contributed by atoms with E-state index in [1.165, 1.54) is 16.8 Å². The molecule has 1 N–H and O–H groups in total. The summed E-state index contributed by atoms with van der Waals surface area (Å²) in [6, 6.07) is 16.0. The van der Waals surface area contributed by atoms with Gasteiger partial charge in [0.05, 0.1) is 29.9 Å². The van der Waals surface area contributed by atoms with Gasteiger partial charge in [-0.25, -0.2) is 4.68 Å². The van der Waals surface area contributed by atoms with Gasteiger partial charge in [-0.15, -0.1) is 0 Å². The van der Waals surface area contributed by atoms with Crippen molar-refractivity contribution >= 4 is 11.6 Å². The highest BCUT2D eigenvalue weighted by atomic mass is 19.4. The van der Waals surface area contributed by atoms with E-state index in [9.17, 15) is 22.8 Å². The van der Waals surface area contributed by atoms with Crippen LogP contribution in [0.15, 0.2) is 71.7 Å². The van der Waals surface area contributed by atoms with Crippen LogP contribution in [0.25, 0.3) is 0 Å². The Bertz CT molecular complexity index is 1190. The van der Waals surface area contributed by atoms with Crippen molar-refractivity contribution < 1.29 is 18.0 Å². The average molecular weight is 470 g/mol. The molecule has 0 aliphatic carbocycles. The number of benzene rings is 2. The van der Waals surface area contributed by atoms with Crippen molar-refractivity contribution in [1.29, 1.82) is 0 Å². The van der Waals surface area contributed by atoms with E-state index in [4.69, 9.17) is 0 Å². The van der Waals surface area contributed by atoms with Crippen LogP contribution < -0.4 is 15.8 Å². The van der Waals surface area contributed by atoms with E-state index < -0.39 is 11.7 Å². The summed E-state index contributed by atoms with van der Waals surface area (Å²) in [5.41, 5.74) is 1.06. The molecule has 1 aliphatic rings. The van der Waals surface area contributed by atoms with Crippen molar-refractivity contribution in [3.63, 3.8) is 0 Å². The van der Waals surface area contributed by atoms with Crippen LogP contribution >= 0.6 is 0 Å². The molecule has 0 spiro atoms. The monoisotopic (exact) mass is 470 g/mol. The quantitative estimate of drug-likeness (QED) is 0.595. The van der Waals surface area contributed by atoms with Crippen LogP contribution in [0.5, 0.6) is 0 Å². The van der Waals surface area contributed by atoms with Gasteiger partial charge in [-0.2, -0.15) is 18.3 Å². The van der Waals surface area contributed by atoms with Gasteiger partial charge in [0.2, 0.25) is 5.91 Å². The smallest absolute Gasteiger partial charge is 0.369 e. The highest BCUT2D eigenvalue weighted by molar-refractivity contribution is 5.79. The van der Waals surface area contributed by atoms with E-state index in [0.29, 0.717) is 37.3 Å². The number of piperidine rings is 1. The molecule has 2 aromatic carbocycles. The number of hydrogen-bond acceptors (Lipinski definition) is 4. The van der Waals surface area contributed by atoms with Crippen molar-refractivity contribution in [1.82, 2.24) is 15.1 Å². The predicted molar refractivity (Wildman–Crippen MR) is 122 cm³/mol. The molecule has 1 saturated heterocycles. The summed E-state index contributed by atoms with van der Waals surface area (Å²) in [6.07, 6.45) is -1.36. The van der Waals surface area contributed by atoms with Crippen molar-refractivity contribution in [3.8, 4) is 0 Å². The SMILES string of the molecule is O=C(NCc1cccc(C(F)(F)F)c1)C1CCCN(c2cnn(Cc3ccccc3)c(=O)c2)C1. The molecule has 1 aromatic heterocycles. The highest BCUT2D eigenvalue weighted by Crippen LogP contribution is 2.29. The lowest BCUT2D eigenvalue weighted by atomic mass is 9.96. The van der Waals surface area contributed by atoms with Gasteiger partial charge in [0.25, 0.3) is 5.56 Å². The van der Waals surface area contributed by atoms with E-state index in [0.717, 1.165) is 24.1 Å². The van der Waals surface area contributed by atoms with Gasteiger partial charge in [-0.05, 0) is 36.1 Å². The van der Waals surface area contributed by atoms with E-state index in [1.54, 1.807) is 12.3 Å². The van der Waals surface area contributed by atoms with Gasteiger partial charge in [-0.1, -0.05) is 42.5 Å². The number of nitrogens with zero attached hydrogens (tertiary/aromatic N) is 3. The molecule has 1 fully saturated rings. The lowest BCUT2D eigenvalue weighted by Gasteiger charge is -2.33. The van der Waals surface area contributed by atoms with Gasteiger partial charge in [0.1, 0.15) is 0 Å². The van der Waals surface area contributed by atoms with Crippen LogP contribution in [-0.2, 0) is 24.1 Å². The van der Waals surface area contributed by atoms with Crippen LogP contribution in [-0.4, -0.2) is 28.8 Å². The van der Waals surface area contributed by atoms with Crippen molar-refractivity contribution in [2.75, 3.05) is 18.0 Å². The third-order valence-electron chi connectivity index (χ3n) is 5.91. The minimum atomic E-state index is -4.42. The second-order valence-corrected chi connectivity index (χ2v) is 8.40. The Labute approximate surface area is 195 Å². The molecule has 0 radical (unpaired) electrons. The Balaban J connectivity index is 1.37. The number of amides is 1. The van der Waals surface area contributed by atoms with Gasteiger partial charge < -0.3 is 10.2 Å². The van der Waals surface area contributed by atoms with Gasteiger partial charge in [0.15, 0.2) is 0 Å². The van der Waals surface area contributed by atoms with Crippen LogP contribution in [0.3, 0.4) is 0 Å². The number of aromatic nitrogens is 2.